The first-order chi connectivity index (χ1) is 10.5. The number of carbonyl (C=O) groups is 2. The van der Waals surface area contributed by atoms with Crippen molar-refractivity contribution >= 4 is 45.8 Å². The third-order valence-electron chi connectivity index (χ3n) is 3.19. The van der Waals surface area contributed by atoms with Crippen LogP contribution in [0.2, 0.25) is 0 Å². The Bertz CT molecular complexity index is 687. The van der Waals surface area contributed by atoms with Crippen molar-refractivity contribution in [2.75, 3.05) is 13.1 Å². The lowest BCUT2D eigenvalue weighted by Crippen LogP contribution is -2.36. The molecule has 0 saturated carbocycles. The van der Waals surface area contributed by atoms with Crippen molar-refractivity contribution in [1.29, 1.82) is 0 Å². The van der Waals surface area contributed by atoms with Crippen molar-refractivity contribution in [2.24, 2.45) is 0 Å². The topological polar surface area (TPSA) is 98.7 Å². The van der Waals surface area contributed by atoms with Crippen molar-refractivity contribution in [1.82, 2.24) is 10.6 Å². The van der Waals surface area contributed by atoms with Gasteiger partial charge in [0.05, 0.1) is 6.54 Å². The van der Waals surface area contributed by atoms with Gasteiger partial charge in [0.25, 0.3) is 0 Å². The van der Waals surface area contributed by atoms with Crippen LogP contribution in [-0.4, -0.2) is 42.1 Å². The summed E-state index contributed by atoms with van der Waals surface area (Å²) in [6, 6.07) is 5.29. The molecule has 4 N–H and O–H groups in total. The van der Waals surface area contributed by atoms with Gasteiger partial charge in [-0.3, -0.25) is 9.59 Å². The molecule has 22 heavy (non-hydrogen) atoms. The van der Waals surface area contributed by atoms with Crippen LogP contribution in [0.3, 0.4) is 0 Å². The molecule has 2 amide bonds. The second kappa shape index (κ2) is 7.39. The Morgan fingerprint density at radius 2 is 2.05 bits per heavy atom. The predicted octanol–water partition coefficient (Wildman–Crippen LogP) is -0.624. The molecule has 0 aliphatic rings. The van der Waals surface area contributed by atoms with E-state index in [1.807, 2.05) is 11.4 Å². The van der Waals surface area contributed by atoms with Gasteiger partial charge in [-0.25, -0.2) is 0 Å². The van der Waals surface area contributed by atoms with Gasteiger partial charge < -0.3 is 20.7 Å². The summed E-state index contributed by atoms with van der Waals surface area (Å²) in [5.41, 5.74) is 1.49. The molecule has 2 aromatic rings. The van der Waals surface area contributed by atoms with E-state index in [4.69, 9.17) is 0 Å². The van der Waals surface area contributed by atoms with Gasteiger partial charge in [-0.1, -0.05) is 12.1 Å². The minimum absolute atomic E-state index is 0.0272. The van der Waals surface area contributed by atoms with Crippen molar-refractivity contribution in [3.8, 4) is 0 Å². The molecule has 0 saturated heterocycles. The Morgan fingerprint density at radius 3 is 2.73 bits per heavy atom. The smallest absolute Gasteiger partial charge is 0.423 e. The largest absolute Gasteiger partial charge is 0.488 e. The molecule has 0 unspecified atom stereocenters. The van der Waals surface area contributed by atoms with Crippen LogP contribution in [0.25, 0.3) is 10.1 Å². The highest BCUT2D eigenvalue weighted by Gasteiger charge is 2.13. The number of hydrogen-bond acceptors (Lipinski definition) is 5. The number of amides is 2. The molecule has 0 bridgehead atoms. The Hall–Kier alpha value is -1.90. The molecule has 1 heterocycles. The summed E-state index contributed by atoms with van der Waals surface area (Å²) in [6.07, 6.45) is 0.636. The number of nitrogens with one attached hydrogen (secondary N) is 2. The molecular formula is C14H17BN2O4S. The Kier molecular flexibility index (Phi) is 5.54. The van der Waals surface area contributed by atoms with Crippen LogP contribution >= 0.6 is 11.3 Å². The quantitative estimate of drug-likeness (QED) is 0.533. The fraction of sp³-hybridized carbons (Fsp3) is 0.286. The summed E-state index contributed by atoms with van der Waals surface area (Å²) in [4.78, 5) is 22.2. The second-order valence-electron chi connectivity index (χ2n) is 4.90. The Labute approximate surface area is 132 Å². The van der Waals surface area contributed by atoms with E-state index in [9.17, 15) is 19.6 Å². The summed E-state index contributed by atoms with van der Waals surface area (Å²) in [5.74, 6) is -0.477. The lowest BCUT2D eigenvalue weighted by atomic mass is 9.80. The third kappa shape index (κ3) is 4.30. The first-order valence-electron chi connectivity index (χ1n) is 6.84. The van der Waals surface area contributed by atoms with Gasteiger partial charge >= 0.3 is 7.12 Å². The molecule has 0 fully saturated rings. The van der Waals surface area contributed by atoms with E-state index in [1.54, 1.807) is 23.5 Å². The highest BCUT2D eigenvalue weighted by Crippen LogP contribution is 2.25. The van der Waals surface area contributed by atoms with E-state index in [0.29, 0.717) is 18.4 Å². The molecule has 0 aliphatic carbocycles. The summed E-state index contributed by atoms with van der Waals surface area (Å²) in [7, 11) is -1.49. The Balaban J connectivity index is 1.95. The zero-order chi connectivity index (χ0) is 16.1. The maximum atomic E-state index is 11.5. The highest BCUT2D eigenvalue weighted by molar-refractivity contribution is 7.17. The van der Waals surface area contributed by atoms with E-state index in [2.05, 4.69) is 10.6 Å². The van der Waals surface area contributed by atoms with Gasteiger partial charge in [0.2, 0.25) is 11.8 Å². The minimum atomic E-state index is -1.49. The highest BCUT2D eigenvalue weighted by atomic mass is 32.1. The van der Waals surface area contributed by atoms with Crippen LogP contribution in [-0.2, 0) is 16.0 Å². The van der Waals surface area contributed by atoms with Gasteiger partial charge in [0.15, 0.2) is 0 Å². The van der Waals surface area contributed by atoms with Crippen LogP contribution in [0.15, 0.2) is 23.6 Å². The lowest BCUT2D eigenvalue weighted by molar-refractivity contribution is -0.125. The maximum Gasteiger partial charge on any atom is 0.488 e. The van der Waals surface area contributed by atoms with Crippen LogP contribution in [0.4, 0.5) is 0 Å². The molecule has 1 aromatic heterocycles. The van der Waals surface area contributed by atoms with Gasteiger partial charge in [-0.2, -0.15) is 0 Å². The number of thiophene rings is 1. The Morgan fingerprint density at radius 1 is 1.27 bits per heavy atom. The molecule has 2 rings (SSSR count). The molecule has 0 radical (unpaired) electrons. The molecule has 0 spiro atoms. The van der Waals surface area contributed by atoms with Crippen molar-refractivity contribution < 1.29 is 19.6 Å². The van der Waals surface area contributed by atoms with Gasteiger partial charge in [-0.15, -0.1) is 11.3 Å². The first kappa shape index (κ1) is 16.5. The maximum absolute atomic E-state index is 11.5. The number of benzene rings is 1. The molecular weight excluding hydrogens is 303 g/mol. The van der Waals surface area contributed by atoms with Crippen LogP contribution < -0.4 is 16.1 Å². The fourth-order valence-electron chi connectivity index (χ4n) is 2.06. The zero-order valence-electron chi connectivity index (χ0n) is 12.1. The molecule has 1 aromatic carbocycles. The lowest BCUT2D eigenvalue weighted by Gasteiger charge is -2.06. The van der Waals surface area contributed by atoms with E-state index < -0.39 is 7.12 Å². The summed E-state index contributed by atoms with van der Waals surface area (Å²) in [5, 5.41) is 26.6. The van der Waals surface area contributed by atoms with Crippen molar-refractivity contribution in [3.05, 3.63) is 29.1 Å². The average molecular weight is 320 g/mol. The van der Waals surface area contributed by atoms with Gasteiger partial charge in [-0.05, 0) is 34.3 Å². The fourth-order valence-corrected chi connectivity index (χ4v) is 3.04. The van der Waals surface area contributed by atoms with Crippen LogP contribution in [0.5, 0.6) is 0 Å². The van der Waals surface area contributed by atoms with E-state index in [0.717, 1.165) is 15.6 Å². The normalized spacial score (nSPS) is 10.5. The second-order valence-corrected chi connectivity index (χ2v) is 5.81. The monoisotopic (exact) mass is 320 g/mol. The summed E-state index contributed by atoms with van der Waals surface area (Å²) >= 11 is 1.57. The number of rotatable bonds is 6. The predicted molar refractivity (Wildman–Crippen MR) is 87.0 cm³/mol. The van der Waals surface area contributed by atoms with Gasteiger partial charge in [0, 0.05) is 18.2 Å². The third-order valence-corrected chi connectivity index (χ3v) is 4.20. The average Bonchev–Trinajstić information content (AvgIpc) is 2.87. The summed E-state index contributed by atoms with van der Waals surface area (Å²) < 4.78 is 1.06. The van der Waals surface area contributed by atoms with E-state index >= 15 is 0 Å². The van der Waals surface area contributed by atoms with E-state index in [-0.39, 0.29) is 18.4 Å². The van der Waals surface area contributed by atoms with Crippen molar-refractivity contribution in [2.45, 2.75) is 13.3 Å². The number of carbonyl (C=O) groups excluding carboxylic acids is 2. The zero-order valence-corrected chi connectivity index (χ0v) is 12.9. The molecule has 8 heteroatoms. The van der Waals surface area contributed by atoms with Crippen LogP contribution in [0, 0.1) is 0 Å². The first-order valence-corrected chi connectivity index (χ1v) is 7.72. The molecule has 0 atom stereocenters. The standard InChI is InChI=1S/C14H17BN2O4S/c1-9(18)17-7-14(19)16-5-4-10-8-22-13-3-2-11(15(20)21)6-12(10)13/h2-3,6,8,20-21H,4-5,7H2,1H3,(H,16,19)(H,17,18). The SMILES string of the molecule is CC(=O)NCC(=O)NCCc1csc2ccc(B(O)O)cc12. The number of fused-ring (bicyclic) bond motifs is 1. The van der Waals surface area contributed by atoms with Gasteiger partial charge in [0.1, 0.15) is 0 Å². The number of hydrogen-bond donors (Lipinski definition) is 4. The molecule has 116 valence electrons. The summed E-state index contributed by atoms with van der Waals surface area (Å²) in [6.45, 7) is 1.79. The minimum Gasteiger partial charge on any atom is -0.423 e. The molecule has 6 nitrogen and oxygen atoms in total. The molecule has 0 aliphatic heterocycles. The van der Waals surface area contributed by atoms with Crippen molar-refractivity contribution in [3.63, 3.8) is 0 Å². The van der Waals surface area contributed by atoms with E-state index in [1.165, 1.54) is 6.92 Å². The van der Waals surface area contributed by atoms with Crippen LogP contribution in [0.1, 0.15) is 12.5 Å².